The number of ether oxygens (including phenoxy) is 1. The third kappa shape index (κ3) is 11.7. The summed E-state index contributed by atoms with van der Waals surface area (Å²) < 4.78 is 29.5. The molecule has 12 rings (SSSR count). The first-order valence-electron chi connectivity index (χ1n) is 29.8. The van der Waals surface area contributed by atoms with Crippen molar-refractivity contribution < 1.29 is 33.5 Å². The van der Waals surface area contributed by atoms with Crippen LogP contribution in [0.3, 0.4) is 0 Å². The maximum atomic E-state index is 17.2. The highest BCUT2D eigenvalue weighted by molar-refractivity contribution is 7.13. The summed E-state index contributed by atoms with van der Waals surface area (Å²) in [6.45, 7) is 21.0. The third-order valence-electron chi connectivity index (χ3n) is 18.2. The van der Waals surface area contributed by atoms with Gasteiger partial charge >= 0.3 is 6.01 Å². The molecule has 2 amide bonds. The van der Waals surface area contributed by atoms with E-state index in [1.807, 2.05) is 81.7 Å². The van der Waals surface area contributed by atoms with Gasteiger partial charge in [-0.05, 0) is 110 Å². The number of benzene rings is 3. The molecule has 5 fully saturated rings. The molecule has 438 valence electrons. The van der Waals surface area contributed by atoms with Crippen LogP contribution in [0.15, 0.2) is 76.9 Å². The molecule has 5 aliphatic heterocycles. The van der Waals surface area contributed by atoms with Gasteiger partial charge in [0.1, 0.15) is 41.3 Å². The molecule has 20 heteroatoms. The Balaban J connectivity index is 0.643. The minimum absolute atomic E-state index is 0.0439. The highest BCUT2D eigenvalue weighted by Crippen LogP contribution is 2.41. The van der Waals surface area contributed by atoms with E-state index in [2.05, 4.69) is 54.2 Å². The van der Waals surface area contributed by atoms with Gasteiger partial charge < -0.3 is 44.8 Å². The fourth-order valence-electron chi connectivity index (χ4n) is 13.6. The van der Waals surface area contributed by atoms with Crippen molar-refractivity contribution in [3.8, 4) is 33.5 Å². The Labute approximate surface area is 488 Å². The van der Waals surface area contributed by atoms with E-state index in [9.17, 15) is 19.8 Å². The summed E-state index contributed by atoms with van der Waals surface area (Å²) in [6, 6.07) is 18.9. The molecule has 7 aromatic rings. The lowest BCUT2D eigenvalue weighted by Crippen LogP contribution is -2.51. The molecule has 0 saturated carbocycles. The number of carbonyl (C=O) groups excluding carboxylic acids is 2. The highest BCUT2D eigenvalue weighted by Gasteiger charge is 2.44. The number of piperazine rings is 2. The first-order valence-corrected chi connectivity index (χ1v) is 30.7. The summed E-state index contributed by atoms with van der Waals surface area (Å²) in [7, 11) is 0. The molecular formula is C63H77FN12O6S. The summed E-state index contributed by atoms with van der Waals surface area (Å²) in [6.07, 6.45) is 6.00. The van der Waals surface area contributed by atoms with Crippen LogP contribution < -0.4 is 25.2 Å². The number of piperidine rings is 1. The third-order valence-corrected chi connectivity index (χ3v) is 19.2. The second kappa shape index (κ2) is 23.7. The molecule has 5 aliphatic rings. The maximum Gasteiger partial charge on any atom is 0.319 e. The lowest BCUT2D eigenvalue weighted by Gasteiger charge is -2.44. The number of phenols is 1. The van der Waals surface area contributed by atoms with E-state index >= 15 is 4.39 Å². The van der Waals surface area contributed by atoms with Crippen LogP contribution in [-0.4, -0.2) is 165 Å². The molecule has 6 atom stereocenters. The average molecular weight is 1150 g/mol. The van der Waals surface area contributed by atoms with Crippen LogP contribution >= 0.6 is 11.3 Å². The Hall–Kier alpha value is -6.84. The van der Waals surface area contributed by atoms with Gasteiger partial charge in [-0.3, -0.25) is 24.4 Å². The average Bonchev–Trinajstić information content (AvgIpc) is 3.09. The number of aromatic hydroxyl groups is 1. The van der Waals surface area contributed by atoms with Gasteiger partial charge in [0.2, 0.25) is 11.8 Å². The minimum atomic E-state index is -0.821. The van der Waals surface area contributed by atoms with Crippen molar-refractivity contribution in [3.05, 3.63) is 101 Å². The molecule has 2 bridgehead atoms. The number of halogens is 1. The van der Waals surface area contributed by atoms with Crippen molar-refractivity contribution in [2.24, 2.45) is 11.3 Å². The number of thiazole rings is 1. The van der Waals surface area contributed by atoms with Crippen molar-refractivity contribution in [1.29, 1.82) is 0 Å². The number of aromatic nitrogens is 5. The highest BCUT2D eigenvalue weighted by atomic mass is 32.1. The summed E-state index contributed by atoms with van der Waals surface area (Å²) in [5.74, 6) is -0.127. The van der Waals surface area contributed by atoms with E-state index in [-0.39, 0.29) is 65.1 Å². The number of β-amino-alcohol motifs (C(OH)–C–C–N with tert-alkyl or cyclic N) is 1. The van der Waals surface area contributed by atoms with E-state index in [0.29, 0.717) is 53.6 Å². The fourth-order valence-corrected chi connectivity index (χ4v) is 14.4. The summed E-state index contributed by atoms with van der Waals surface area (Å²) in [5.41, 5.74) is 6.82. The number of aliphatic hydroxyl groups excluding tert-OH is 1. The van der Waals surface area contributed by atoms with Crippen molar-refractivity contribution in [1.82, 2.24) is 50.4 Å². The molecule has 0 aliphatic carbocycles. The Morgan fingerprint density at radius 3 is 2.41 bits per heavy atom. The van der Waals surface area contributed by atoms with Gasteiger partial charge in [-0.1, -0.05) is 75.3 Å². The molecule has 0 unspecified atom stereocenters. The SMILES string of the molecule is CCc1cccc2cc(O)cc(-c3ncc4c(N5C[C@H]6CC[C@@H](C5)N6)nc(OCCN5CCC(C)(CN6CCN(c7cc([C@H](C(=O)N8C[C@H](O)C[C@H]8C(=O)N[C@@H](C)c8ccc(-c9scnc9C)cc8)C(C)C)on7)CC6)CC5)nc4c3F)c12. The summed E-state index contributed by atoms with van der Waals surface area (Å²) >= 11 is 1.59. The lowest BCUT2D eigenvalue weighted by atomic mass is 9.79. The number of carbonyl (C=O) groups is 2. The fraction of sp³-hybridized carbons (Fsp3) is 0.508. The number of nitrogens with zero attached hydrogens (tertiary/aromatic N) is 10. The predicted molar refractivity (Wildman–Crippen MR) is 320 cm³/mol. The van der Waals surface area contributed by atoms with Crippen LogP contribution in [0, 0.1) is 24.1 Å². The number of phenolic OH excluding ortho intramolecular Hbond substituents is 1. The zero-order valence-corrected chi connectivity index (χ0v) is 49.3. The van der Waals surface area contributed by atoms with Gasteiger partial charge in [0.15, 0.2) is 17.4 Å². The van der Waals surface area contributed by atoms with E-state index < -0.39 is 23.9 Å². The normalized spacial score (nSPS) is 22.0. The molecule has 0 radical (unpaired) electrons. The molecule has 9 heterocycles. The van der Waals surface area contributed by atoms with Gasteiger partial charge in [-0.25, -0.2) is 9.37 Å². The number of aliphatic hydroxyl groups is 1. The molecular weight excluding hydrogens is 1070 g/mol. The van der Waals surface area contributed by atoms with Crippen LogP contribution in [0.5, 0.6) is 11.8 Å². The number of fused-ring (bicyclic) bond motifs is 4. The lowest BCUT2D eigenvalue weighted by molar-refractivity contribution is -0.141. The van der Waals surface area contributed by atoms with Crippen molar-refractivity contribution in [2.45, 2.75) is 116 Å². The van der Waals surface area contributed by atoms with E-state index in [1.54, 1.807) is 29.7 Å². The number of amides is 2. The molecule has 83 heavy (non-hydrogen) atoms. The number of anilines is 2. The first-order chi connectivity index (χ1) is 40.1. The Morgan fingerprint density at radius 2 is 1.70 bits per heavy atom. The Kier molecular flexibility index (Phi) is 16.1. The number of pyridine rings is 1. The number of rotatable bonds is 17. The first kappa shape index (κ1) is 56.6. The topological polar surface area (TPSA) is 202 Å². The molecule has 0 spiro atoms. The Bertz CT molecular complexity index is 3480. The second-order valence-corrected chi connectivity index (χ2v) is 25.4. The van der Waals surface area contributed by atoms with Gasteiger partial charge in [0, 0.05) is 95.2 Å². The number of aryl methyl sites for hydroxylation is 2. The number of likely N-dealkylation sites (tertiary alicyclic amines) is 2. The quantitative estimate of drug-likeness (QED) is 0.0676. The molecule has 4 aromatic heterocycles. The minimum Gasteiger partial charge on any atom is -0.508 e. The van der Waals surface area contributed by atoms with Gasteiger partial charge in [0.05, 0.1) is 33.6 Å². The van der Waals surface area contributed by atoms with E-state index in [1.165, 1.54) is 4.90 Å². The van der Waals surface area contributed by atoms with Crippen LogP contribution in [0.25, 0.3) is 43.4 Å². The van der Waals surface area contributed by atoms with Gasteiger partial charge in [-0.15, -0.1) is 11.3 Å². The Morgan fingerprint density at radius 1 is 0.940 bits per heavy atom. The maximum absolute atomic E-state index is 17.2. The molecule has 3 aromatic carbocycles. The van der Waals surface area contributed by atoms with Crippen LogP contribution in [0.1, 0.15) is 101 Å². The standard InChI is InChI=1S/C63H77FN12O6S/c1-7-40-9-8-10-43-27-46(77)28-48(54(40)43)56-55(64)57-49(31-65-56)59(75-32-44-15-16-45(33-75)68-44)70-62(69-57)81-26-25-72-19-17-63(6,18-20-72)35-73-21-23-74(24-22-73)52-30-51(82-71-52)53(37(2)3)61(80)76-34-47(78)29-50(76)60(79)67-38(4)41-11-13-42(14-12-41)58-39(5)66-36-83-58/h8-14,27-28,30-31,36-38,44-45,47,50,53,68,77-78H,7,15-26,29,32-35H2,1-6H3,(H,67,79)/t38-,44-,45+,47+,50-,53+/m0/s1. The molecule has 5 saturated heterocycles. The summed E-state index contributed by atoms with van der Waals surface area (Å²) in [4.78, 5) is 59.2. The number of hydrogen-bond donors (Lipinski definition) is 4. The molecule has 4 N–H and O–H groups in total. The van der Waals surface area contributed by atoms with Crippen molar-refractivity contribution >= 4 is 56.5 Å². The monoisotopic (exact) mass is 1150 g/mol. The van der Waals surface area contributed by atoms with Crippen molar-refractivity contribution in [3.63, 3.8) is 0 Å². The number of nitrogens with one attached hydrogen (secondary N) is 2. The smallest absolute Gasteiger partial charge is 0.319 e. The number of hydrogen-bond acceptors (Lipinski definition) is 17. The predicted octanol–water partition coefficient (Wildman–Crippen LogP) is 8.49. The van der Waals surface area contributed by atoms with Crippen LogP contribution in [0.2, 0.25) is 0 Å². The van der Waals surface area contributed by atoms with E-state index in [0.717, 1.165) is 129 Å². The van der Waals surface area contributed by atoms with Gasteiger partial charge in [-0.2, -0.15) is 9.97 Å². The largest absolute Gasteiger partial charge is 0.508 e. The zero-order valence-electron chi connectivity index (χ0n) is 48.5. The van der Waals surface area contributed by atoms with Crippen molar-refractivity contribution in [2.75, 3.05) is 88.4 Å². The van der Waals surface area contributed by atoms with Gasteiger partial charge in [0.25, 0.3) is 0 Å². The van der Waals surface area contributed by atoms with E-state index in [4.69, 9.17) is 24.2 Å². The molecule has 18 nitrogen and oxygen atoms in total. The van der Waals surface area contributed by atoms with Crippen LogP contribution in [0.4, 0.5) is 16.0 Å². The summed E-state index contributed by atoms with van der Waals surface area (Å²) in [5, 5.41) is 35.1. The second-order valence-electron chi connectivity index (χ2n) is 24.5. The van der Waals surface area contributed by atoms with Crippen LogP contribution in [-0.2, 0) is 16.0 Å². The zero-order chi connectivity index (χ0) is 57.7.